The number of carbonyl (C=O) groups is 2. The van der Waals surface area contributed by atoms with Crippen LogP contribution >= 0.6 is 0 Å². The van der Waals surface area contributed by atoms with Crippen LogP contribution in [0.15, 0.2) is 18.2 Å². The quantitative estimate of drug-likeness (QED) is 0.232. The first-order chi connectivity index (χ1) is 14.1. The molecule has 0 aliphatic carbocycles. The number of esters is 2. The molecule has 0 fully saturated rings. The zero-order chi connectivity index (χ0) is 21.3. The maximum Gasteiger partial charge on any atom is 0.357 e. The molecule has 0 radical (unpaired) electrons. The van der Waals surface area contributed by atoms with Gasteiger partial charge in [0.1, 0.15) is 11.4 Å². The molecule has 1 unspecified atom stereocenters. The third-order valence-corrected chi connectivity index (χ3v) is 4.92. The van der Waals surface area contributed by atoms with Crippen molar-refractivity contribution in [3.8, 4) is 0 Å². The molecule has 0 aromatic carbocycles. The number of unbranched alkanes of at least 4 members (excludes halogenated alkanes) is 9. The third kappa shape index (κ3) is 11.6. The van der Waals surface area contributed by atoms with Crippen molar-refractivity contribution in [2.75, 3.05) is 6.61 Å². The minimum absolute atomic E-state index is 0.149. The molecule has 0 aliphatic heterocycles. The Kier molecular flexibility index (Phi) is 13.8. The second-order valence-corrected chi connectivity index (χ2v) is 7.73. The molecule has 1 aromatic rings. The van der Waals surface area contributed by atoms with Crippen molar-refractivity contribution >= 4 is 11.9 Å². The smallest absolute Gasteiger partial charge is 0.357 e. The second kappa shape index (κ2) is 15.9. The lowest BCUT2D eigenvalue weighted by molar-refractivity contribution is 0.0312. The molecule has 1 atom stereocenters. The molecule has 5 nitrogen and oxygen atoms in total. The average Bonchev–Trinajstić information content (AvgIpc) is 2.73. The number of hydrogen-bond acceptors (Lipinski definition) is 5. The average molecular weight is 406 g/mol. The fourth-order valence-corrected chi connectivity index (χ4v) is 3.12. The number of carbonyl (C=O) groups excluding carboxylic acids is 2. The fraction of sp³-hybridized carbons (Fsp3) is 0.708. The summed E-state index contributed by atoms with van der Waals surface area (Å²) in [7, 11) is 0. The minimum Gasteiger partial charge on any atom is -0.461 e. The van der Waals surface area contributed by atoms with E-state index in [1.54, 1.807) is 18.2 Å². The predicted molar refractivity (Wildman–Crippen MR) is 116 cm³/mol. The van der Waals surface area contributed by atoms with Crippen LogP contribution in [-0.2, 0) is 9.47 Å². The first-order valence-corrected chi connectivity index (χ1v) is 11.4. The summed E-state index contributed by atoms with van der Waals surface area (Å²) in [4.78, 5) is 28.6. The summed E-state index contributed by atoms with van der Waals surface area (Å²) < 4.78 is 10.7. The number of aromatic nitrogens is 1. The molecule has 1 rings (SSSR count). The van der Waals surface area contributed by atoms with E-state index in [9.17, 15) is 9.59 Å². The molecule has 0 bridgehead atoms. The van der Waals surface area contributed by atoms with Gasteiger partial charge in [-0.25, -0.2) is 14.6 Å². The van der Waals surface area contributed by atoms with Gasteiger partial charge in [-0.15, -0.1) is 0 Å². The van der Waals surface area contributed by atoms with Gasteiger partial charge in [-0.05, 0) is 38.3 Å². The van der Waals surface area contributed by atoms with E-state index >= 15 is 0 Å². The Morgan fingerprint density at radius 3 is 2.03 bits per heavy atom. The third-order valence-electron chi connectivity index (χ3n) is 4.92. The molecular weight excluding hydrogens is 366 g/mol. The van der Waals surface area contributed by atoms with E-state index in [0.717, 1.165) is 32.1 Å². The van der Waals surface area contributed by atoms with E-state index in [1.165, 1.54) is 44.9 Å². The summed E-state index contributed by atoms with van der Waals surface area (Å²) in [5.41, 5.74) is 0.300. The molecular formula is C24H39NO4. The minimum atomic E-state index is -0.491. The Morgan fingerprint density at radius 2 is 1.38 bits per heavy atom. The van der Waals surface area contributed by atoms with Crippen molar-refractivity contribution < 1.29 is 19.1 Å². The number of ether oxygens (including phenoxy) is 2. The Balaban J connectivity index is 2.34. The van der Waals surface area contributed by atoms with Gasteiger partial charge in [0.2, 0.25) is 0 Å². The molecule has 0 aliphatic rings. The maximum absolute atomic E-state index is 12.3. The molecule has 0 saturated carbocycles. The van der Waals surface area contributed by atoms with Gasteiger partial charge in [0.05, 0.1) is 12.7 Å². The van der Waals surface area contributed by atoms with Gasteiger partial charge in [0, 0.05) is 0 Å². The topological polar surface area (TPSA) is 65.5 Å². The van der Waals surface area contributed by atoms with Gasteiger partial charge in [0.25, 0.3) is 0 Å². The van der Waals surface area contributed by atoms with Crippen molar-refractivity contribution in [2.45, 2.75) is 104 Å². The van der Waals surface area contributed by atoms with Crippen LogP contribution in [0.4, 0.5) is 0 Å². The fourth-order valence-electron chi connectivity index (χ4n) is 3.12. The van der Waals surface area contributed by atoms with E-state index in [4.69, 9.17) is 9.47 Å². The number of hydrogen-bond donors (Lipinski definition) is 0. The molecule has 29 heavy (non-hydrogen) atoms. The van der Waals surface area contributed by atoms with Crippen LogP contribution in [0.1, 0.15) is 119 Å². The van der Waals surface area contributed by atoms with E-state index in [2.05, 4.69) is 18.8 Å². The van der Waals surface area contributed by atoms with Gasteiger partial charge in [0.15, 0.2) is 0 Å². The van der Waals surface area contributed by atoms with Crippen LogP contribution in [0.25, 0.3) is 0 Å². The lowest BCUT2D eigenvalue weighted by Gasteiger charge is -2.13. The van der Waals surface area contributed by atoms with Gasteiger partial charge >= 0.3 is 11.9 Å². The van der Waals surface area contributed by atoms with Crippen molar-refractivity contribution in [3.05, 3.63) is 29.6 Å². The highest BCUT2D eigenvalue weighted by Gasteiger charge is 2.16. The molecule has 164 valence electrons. The van der Waals surface area contributed by atoms with E-state index in [-0.39, 0.29) is 17.5 Å². The van der Waals surface area contributed by atoms with Crippen LogP contribution in [0, 0.1) is 0 Å². The number of rotatable bonds is 16. The molecule has 0 N–H and O–H groups in total. The Hall–Kier alpha value is -1.91. The highest BCUT2D eigenvalue weighted by molar-refractivity contribution is 5.91. The Bertz CT molecular complexity index is 588. The van der Waals surface area contributed by atoms with Crippen molar-refractivity contribution in [1.82, 2.24) is 4.98 Å². The number of nitrogens with zero attached hydrogens (tertiary/aromatic N) is 1. The molecule has 1 heterocycles. The molecule has 1 aromatic heterocycles. The second-order valence-electron chi connectivity index (χ2n) is 7.73. The molecule has 0 spiro atoms. The Morgan fingerprint density at radius 1 is 0.828 bits per heavy atom. The molecule has 5 heteroatoms. The Labute approximate surface area is 176 Å². The summed E-state index contributed by atoms with van der Waals surface area (Å²) in [6, 6.07) is 4.77. The normalized spacial score (nSPS) is 11.8. The van der Waals surface area contributed by atoms with Gasteiger partial charge in [-0.2, -0.15) is 0 Å². The summed E-state index contributed by atoms with van der Waals surface area (Å²) in [6.45, 7) is 6.65. The maximum atomic E-state index is 12.3. The highest BCUT2D eigenvalue weighted by atomic mass is 16.5. The largest absolute Gasteiger partial charge is 0.461 e. The van der Waals surface area contributed by atoms with Crippen LogP contribution < -0.4 is 0 Å². The van der Waals surface area contributed by atoms with Crippen molar-refractivity contribution in [2.24, 2.45) is 0 Å². The van der Waals surface area contributed by atoms with Crippen LogP contribution in [0.5, 0.6) is 0 Å². The lowest BCUT2D eigenvalue weighted by atomic mass is 10.1. The first kappa shape index (κ1) is 25.1. The summed E-state index contributed by atoms with van der Waals surface area (Å²) in [5.74, 6) is -0.979. The van der Waals surface area contributed by atoms with E-state index in [0.29, 0.717) is 6.61 Å². The zero-order valence-corrected chi connectivity index (χ0v) is 18.6. The van der Waals surface area contributed by atoms with Crippen LogP contribution in [-0.4, -0.2) is 29.6 Å². The lowest BCUT2D eigenvalue weighted by Crippen LogP contribution is -2.17. The van der Waals surface area contributed by atoms with Crippen molar-refractivity contribution in [3.63, 3.8) is 0 Å². The molecule has 0 amide bonds. The summed E-state index contributed by atoms with van der Waals surface area (Å²) in [5, 5.41) is 0. The van der Waals surface area contributed by atoms with Gasteiger partial charge < -0.3 is 9.47 Å². The molecule has 0 saturated heterocycles. The highest BCUT2D eigenvalue weighted by Crippen LogP contribution is 2.11. The van der Waals surface area contributed by atoms with Gasteiger partial charge in [-0.3, -0.25) is 0 Å². The van der Waals surface area contributed by atoms with E-state index in [1.807, 2.05) is 6.92 Å². The summed E-state index contributed by atoms with van der Waals surface area (Å²) >= 11 is 0. The SMILES string of the molecule is CCCCCCCCCOC(=O)c1cccc(C(=O)OC(C)CCCCCC)n1. The van der Waals surface area contributed by atoms with E-state index < -0.39 is 11.9 Å². The van der Waals surface area contributed by atoms with Crippen molar-refractivity contribution in [1.29, 1.82) is 0 Å². The standard InChI is InChI=1S/C24H39NO4/c1-4-6-8-10-11-12-14-19-28-23(26)21-17-15-18-22(25-21)24(27)29-20(3)16-13-9-7-5-2/h15,17-18,20H,4-14,16,19H2,1-3H3. The number of pyridine rings is 1. The predicted octanol–water partition coefficient (Wildman–Crippen LogP) is 6.50. The van der Waals surface area contributed by atoms with Crippen LogP contribution in [0.3, 0.4) is 0 Å². The monoisotopic (exact) mass is 405 g/mol. The zero-order valence-electron chi connectivity index (χ0n) is 18.6. The van der Waals surface area contributed by atoms with Gasteiger partial charge in [-0.1, -0.05) is 77.7 Å². The summed E-state index contributed by atoms with van der Waals surface area (Å²) in [6.07, 6.45) is 13.4. The van der Waals surface area contributed by atoms with Crippen LogP contribution in [0.2, 0.25) is 0 Å². The first-order valence-electron chi connectivity index (χ1n) is 11.4.